The smallest absolute Gasteiger partial charge is 0.253 e. The number of nitrogens with one attached hydrogen (secondary N) is 1. The van der Waals surface area contributed by atoms with Gasteiger partial charge >= 0.3 is 0 Å². The van der Waals surface area contributed by atoms with Crippen molar-refractivity contribution >= 4 is 17.5 Å². The van der Waals surface area contributed by atoms with Crippen molar-refractivity contribution in [1.82, 2.24) is 24.6 Å². The summed E-state index contributed by atoms with van der Waals surface area (Å²) in [5.41, 5.74) is 3.08. The number of rotatable bonds is 8. The minimum Gasteiger partial charge on any atom is -0.380 e. The van der Waals surface area contributed by atoms with E-state index >= 15 is 0 Å². The van der Waals surface area contributed by atoms with E-state index in [1.165, 1.54) is 0 Å². The number of carbonyl (C=O) groups excluding carboxylic acids is 1. The first-order chi connectivity index (χ1) is 16.6. The number of nitrogens with zero attached hydrogens (tertiary/aromatic N) is 6. The van der Waals surface area contributed by atoms with Gasteiger partial charge in [0.05, 0.1) is 36.5 Å². The Labute approximate surface area is 198 Å². The summed E-state index contributed by atoms with van der Waals surface area (Å²) in [6.07, 6.45) is 9.20. The van der Waals surface area contributed by atoms with Gasteiger partial charge in [0, 0.05) is 49.4 Å². The fraction of sp³-hybridized carbons (Fsp3) is 0.400. The molecule has 3 heterocycles. The molecule has 0 radical (unpaired) electrons. The molecule has 5 rings (SSSR count). The average molecular weight is 458 g/mol. The molecule has 34 heavy (non-hydrogen) atoms. The lowest BCUT2D eigenvalue weighted by atomic mass is 10.1. The monoisotopic (exact) mass is 457 g/mol. The molecular weight excluding hydrogens is 430 g/mol. The van der Waals surface area contributed by atoms with Gasteiger partial charge in [-0.3, -0.25) is 9.48 Å². The number of aromatic nitrogens is 4. The topological polar surface area (TPSA) is 109 Å². The van der Waals surface area contributed by atoms with Crippen LogP contribution in [-0.4, -0.2) is 56.9 Å². The quantitative estimate of drug-likeness (QED) is 0.548. The molecule has 1 saturated carbocycles. The molecule has 1 amide bonds. The second-order valence-corrected chi connectivity index (χ2v) is 8.84. The molecule has 2 fully saturated rings. The number of carbonyl (C=O) groups is 1. The lowest BCUT2D eigenvalue weighted by Gasteiger charge is -2.16. The van der Waals surface area contributed by atoms with Gasteiger partial charge in [0.1, 0.15) is 0 Å². The Balaban J connectivity index is 1.26. The van der Waals surface area contributed by atoms with Crippen molar-refractivity contribution in [2.24, 2.45) is 5.92 Å². The molecule has 0 bridgehead atoms. The van der Waals surface area contributed by atoms with Crippen molar-refractivity contribution in [3.63, 3.8) is 0 Å². The van der Waals surface area contributed by atoms with Gasteiger partial charge in [-0.2, -0.15) is 10.4 Å². The van der Waals surface area contributed by atoms with Crippen molar-refractivity contribution < 1.29 is 9.53 Å². The number of hydrogen-bond acceptors (Lipinski definition) is 7. The third-order valence-electron chi connectivity index (χ3n) is 6.51. The highest BCUT2D eigenvalue weighted by molar-refractivity contribution is 5.94. The molecule has 174 valence electrons. The Morgan fingerprint density at radius 3 is 2.79 bits per heavy atom. The van der Waals surface area contributed by atoms with E-state index in [2.05, 4.69) is 26.5 Å². The van der Waals surface area contributed by atoms with Crippen molar-refractivity contribution in [2.75, 3.05) is 25.5 Å². The summed E-state index contributed by atoms with van der Waals surface area (Å²) in [6.45, 7) is 1.34. The SMILES string of the molecule is COC1CCN(C(=O)c2ccc(Nc3nccc(-c4cnn(C(CC#N)C5CC5)c4)n3)cc2)C1. The van der Waals surface area contributed by atoms with E-state index in [0.29, 0.717) is 36.9 Å². The Kier molecular flexibility index (Phi) is 6.23. The molecule has 9 heteroatoms. The molecule has 1 aromatic carbocycles. The van der Waals surface area contributed by atoms with Gasteiger partial charge in [0.2, 0.25) is 5.95 Å². The zero-order chi connectivity index (χ0) is 23.5. The molecule has 2 atom stereocenters. The molecule has 1 N–H and O–H groups in total. The van der Waals surface area contributed by atoms with E-state index in [1.54, 1.807) is 19.5 Å². The fourth-order valence-corrected chi connectivity index (χ4v) is 4.39. The Morgan fingerprint density at radius 1 is 1.26 bits per heavy atom. The maximum absolute atomic E-state index is 12.7. The van der Waals surface area contributed by atoms with Gasteiger partial charge in [0.15, 0.2) is 0 Å². The highest BCUT2D eigenvalue weighted by Crippen LogP contribution is 2.41. The Bertz CT molecular complexity index is 1200. The van der Waals surface area contributed by atoms with Crippen molar-refractivity contribution in [2.45, 2.75) is 37.8 Å². The van der Waals surface area contributed by atoms with Crippen LogP contribution >= 0.6 is 0 Å². The number of benzene rings is 1. The first-order valence-corrected chi connectivity index (χ1v) is 11.6. The minimum atomic E-state index is 0.0160. The third-order valence-corrected chi connectivity index (χ3v) is 6.51. The van der Waals surface area contributed by atoms with Crippen LogP contribution in [0.2, 0.25) is 0 Å². The van der Waals surface area contributed by atoms with Crippen molar-refractivity contribution in [1.29, 1.82) is 5.26 Å². The number of amides is 1. The maximum Gasteiger partial charge on any atom is 0.253 e. The zero-order valence-electron chi connectivity index (χ0n) is 19.1. The molecule has 2 aliphatic rings. The van der Waals surface area contributed by atoms with E-state index in [9.17, 15) is 4.79 Å². The van der Waals surface area contributed by atoms with Crippen LogP contribution in [0.15, 0.2) is 48.9 Å². The first kappa shape index (κ1) is 22.0. The third kappa shape index (κ3) is 4.77. The van der Waals surface area contributed by atoms with Gasteiger partial charge in [-0.05, 0) is 55.5 Å². The minimum absolute atomic E-state index is 0.0160. The van der Waals surface area contributed by atoms with E-state index in [4.69, 9.17) is 10.00 Å². The number of anilines is 2. The number of hydrogen-bond donors (Lipinski definition) is 1. The van der Waals surface area contributed by atoms with E-state index in [1.807, 2.05) is 46.1 Å². The molecular formula is C25H27N7O2. The maximum atomic E-state index is 12.7. The van der Waals surface area contributed by atoms with Gasteiger partial charge in [-0.15, -0.1) is 0 Å². The summed E-state index contributed by atoms with van der Waals surface area (Å²) in [6, 6.07) is 11.6. The molecule has 2 unspecified atom stereocenters. The normalized spacial score (nSPS) is 18.5. The molecule has 1 saturated heterocycles. The van der Waals surface area contributed by atoms with Crippen molar-refractivity contribution in [3.05, 3.63) is 54.5 Å². The lowest BCUT2D eigenvalue weighted by molar-refractivity contribution is 0.0724. The van der Waals surface area contributed by atoms with E-state index in [0.717, 1.165) is 36.2 Å². The average Bonchev–Trinajstić information content (AvgIpc) is 3.38. The van der Waals surface area contributed by atoms with E-state index in [-0.39, 0.29) is 18.1 Å². The number of likely N-dealkylation sites (tertiary alicyclic amines) is 1. The lowest BCUT2D eigenvalue weighted by Crippen LogP contribution is -2.29. The van der Waals surface area contributed by atoms with Crippen LogP contribution < -0.4 is 5.32 Å². The molecule has 1 aliphatic carbocycles. The summed E-state index contributed by atoms with van der Waals surface area (Å²) < 4.78 is 7.25. The number of methoxy groups -OCH3 is 1. The summed E-state index contributed by atoms with van der Waals surface area (Å²) in [4.78, 5) is 23.5. The van der Waals surface area contributed by atoms with Gasteiger partial charge < -0.3 is 15.0 Å². The van der Waals surface area contributed by atoms with Crippen LogP contribution in [0.25, 0.3) is 11.3 Å². The molecule has 2 aromatic heterocycles. The van der Waals surface area contributed by atoms with Gasteiger partial charge in [0.25, 0.3) is 5.91 Å². The summed E-state index contributed by atoms with van der Waals surface area (Å²) in [5, 5.41) is 16.9. The Hall–Kier alpha value is -3.77. The first-order valence-electron chi connectivity index (χ1n) is 11.6. The predicted molar refractivity (Wildman–Crippen MR) is 126 cm³/mol. The van der Waals surface area contributed by atoms with Gasteiger partial charge in [-0.1, -0.05) is 0 Å². The molecule has 1 aliphatic heterocycles. The van der Waals surface area contributed by atoms with Crippen molar-refractivity contribution in [3.8, 4) is 17.3 Å². The largest absolute Gasteiger partial charge is 0.380 e. The molecule has 9 nitrogen and oxygen atoms in total. The highest BCUT2D eigenvalue weighted by Gasteiger charge is 2.33. The van der Waals surface area contributed by atoms with Crippen LogP contribution in [0.3, 0.4) is 0 Å². The Morgan fingerprint density at radius 2 is 2.09 bits per heavy atom. The fourth-order valence-electron chi connectivity index (χ4n) is 4.39. The molecule has 3 aromatic rings. The second kappa shape index (κ2) is 9.61. The van der Waals surface area contributed by atoms with Crippen LogP contribution in [-0.2, 0) is 4.74 Å². The number of nitriles is 1. The number of ether oxygens (including phenoxy) is 1. The molecule has 0 spiro atoms. The summed E-state index contributed by atoms with van der Waals surface area (Å²) in [7, 11) is 1.68. The van der Waals surface area contributed by atoms with Crippen LogP contribution in [0.5, 0.6) is 0 Å². The van der Waals surface area contributed by atoms with E-state index < -0.39 is 0 Å². The van der Waals surface area contributed by atoms with Gasteiger partial charge in [-0.25, -0.2) is 9.97 Å². The van der Waals surface area contributed by atoms with Crippen LogP contribution in [0, 0.1) is 17.2 Å². The summed E-state index contributed by atoms with van der Waals surface area (Å²) in [5.74, 6) is 1.02. The highest BCUT2D eigenvalue weighted by atomic mass is 16.5. The predicted octanol–water partition coefficient (Wildman–Crippen LogP) is 3.81. The second-order valence-electron chi connectivity index (χ2n) is 8.84. The summed E-state index contributed by atoms with van der Waals surface area (Å²) >= 11 is 0. The standard InChI is InChI=1S/C25H27N7O2/c1-34-21-10-13-31(16-21)24(33)18-4-6-20(7-5-18)29-25-27-12-9-22(30-25)19-14-28-32(15-19)23(8-11-26)17-2-3-17/h4-7,9,12,14-15,17,21,23H,2-3,8,10,13,16H2,1H3,(H,27,29,30). The zero-order valence-corrected chi connectivity index (χ0v) is 19.1. The van der Waals surface area contributed by atoms with Crippen LogP contribution in [0.4, 0.5) is 11.6 Å². The van der Waals surface area contributed by atoms with Crippen LogP contribution in [0.1, 0.15) is 42.1 Å².